The summed E-state index contributed by atoms with van der Waals surface area (Å²) < 4.78 is 13.4. The Bertz CT molecular complexity index is 582. The lowest BCUT2D eigenvalue weighted by molar-refractivity contribution is 0.626. The molecule has 2 aromatic carbocycles. The molecule has 0 aliphatic carbocycles. The Morgan fingerprint density at radius 1 is 1.06 bits per heavy atom. The summed E-state index contributed by atoms with van der Waals surface area (Å²) in [5, 5.41) is 1.07. The molecule has 2 rings (SSSR count). The highest BCUT2D eigenvalue weighted by Crippen LogP contribution is 2.35. The quantitative estimate of drug-likeness (QED) is 0.840. The molecule has 0 fully saturated rings. The summed E-state index contributed by atoms with van der Waals surface area (Å²) in [6.07, 6.45) is 0. The smallest absolute Gasteiger partial charge is 0.123 e. The summed E-state index contributed by atoms with van der Waals surface area (Å²) in [5.41, 5.74) is 8.09. The van der Waals surface area contributed by atoms with Gasteiger partial charge < -0.3 is 5.73 Å². The van der Waals surface area contributed by atoms with Gasteiger partial charge in [-0.3, -0.25) is 0 Å². The average Bonchev–Trinajstić information content (AvgIpc) is 2.31. The van der Waals surface area contributed by atoms with E-state index in [1.807, 2.05) is 6.92 Å². The van der Waals surface area contributed by atoms with Crippen molar-refractivity contribution in [3.63, 3.8) is 0 Å². The van der Waals surface area contributed by atoms with Crippen LogP contribution in [0.2, 0.25) is 10.0 Å². The van der Waals surface area contributed by atoms with E-state index in [-0.39, 0.29) is 11.9 Å². The lowest BCUT2D eigenvalue weighted by Gasteiger charge is -2.14. The fourth-order valence-electron chi connectivity index (χ4n) is 1.86. The van der Waals surface area contributed by atoms with Gasteiger partial charge in [-0.05, 0) is 48.4 Å². The second kappa shape index (κ2) is 5.27. The van der Waals surface area contributed by atoms with Crippen LogP contribution in [0.25, 0.3) is 11.1 Å². The van der Waals surface area contributed by atoms with Gasteiger partial charge in [0.1, 0.15) is 5.82 Å². The zero-order chi connectivity index (χ0) is 13.3. The Labute approximate surface area is 115 Å². The standard InChI is InChI=1S/C14H12Cl2FN/c1-8(18)11-4-3-10(17)7-12(11)13-6-9(15)2-5-14(13)16/h2-8H,18H2,1H3. The van der Waals surface area contributed by atoms with Gasteiger partial charge in [-0.15, -0.1) is 0 Å². The lowest BCUT2D eigenvalue weighted by atomic mass is 9.96. The summed E-state index contributed by atoms with van der Waals surface area (Å²) >= 11 is 12.1. The Morgan fingerprint density at radius 3 is 2.44 bits per heavy atom. The van der Waals surface area contributed by atoms with Gasteiger partial charge in [0.2, 0.25) is 0 Å². The third kappa shape index (κ3) is 2.66. The Morgan fingerprint density at radius 2 is 1.78 bits per heavy atom. The fourth-order valence-corrected chi connectivity index (χ4v) is 2.25. The third-order valence-electron chi connectivity index (χ3n) is 2.72. The number of hydrogen-bond donors (Lipinski definition) is 1. The molecule has 1 atom stereocenters. The highest BCUT2D eigenvalue weighted by Gasteiger charge is 2.13. The molecule has 18 heavy (non-hydrogen) atoms. The Kier molecular flexibility index (Phi) is 3.91. The molecule has 1 unspecified atom stereocenters. The van der Waals surface area contributed by atoms with Gasteiger partial charge in [-0.2, -0.15) is 0 Å². The molecule has 0 aliphatic heterocycles. The van der Waals surface area contributed by atoms with E-state index < -0.39 is 0 Å². The highest BCUT2D eigenvalue weighted by molar-refractivity contribution is 6.35. The van der Waals surface area contributed by atoms with Crippen molar-refractivity contribution < 1.29 is 4.39 Å². The van der Waals surface area contributed by atoms with Crippen LogP contribution in [-0.4, -0.2) is 0 Å². The fraction of sp³-hybridized carbons (Fsp3) is 0.143. The highest BCUT2D eigenvalue weighted by atomic mass is 35.5. The monoisotopic (exact) mass is 283 g/mol. The van der Waals surface area contributed by atoms with Crippen molar-refractivity contribution in [3.8, 4) is 11.1 Å². The first kappa shape index (κ1) is 13.3. The average molecular weight is 284 g/mol. The van der Waals surface area contributed by atoms with E-state index >= 15 is 0 Å². The predicted octanol–water partition coefficient (Wildman–Crippen LogP) is 4.82. The molecule has 0 aromatic heterocycles. The molecule has 0 saturated carbocycles. The molecule has 0 spiro atoms. The molecule has 2 aromatic rings. The molecular formula is C14H12Cl2FN. The summed E-state index contributed by atoms with van der Waals surface area (Å²) in [6, 6.07) is 9.37. The zero-order valence-electron chi connectivity index (χ0n) is 9.75. The van der Waals surface area contributed by atoms with E-state index in [0.717, 1.165) is 5.56 Å². The Hall–Kier alpha value is -1.09. The second-order valence-electron chi connectivity index (χ2n) is 4.14. The number of benzene rings is 2. The van der Waals surface area contributed by atoms with Gasteiger partial charge in [0.05, 0.1) is 0 Å². The Balaban J connectivity index is 2.69. The number of nitrogens with two attached hydrogens (primary N) is 1. The maximum absolute atomic E-state index is 13.4. The number of halogens is 3. The minimum atomic E-state index is -0.328. The molecule has 0 aliphatic rings. The van der Waals surface area contributed by atoms with E-state index in [2.05, 4.69) is 0 Å². The van der Waals surface area contributed by atoms with Crippen LogP contribution in [0, 0.1) is 5.82 Å². The van der Waals surface area contributed by atoms with Crippen molar-refractivity contribution in [1.82, 2.24) is 0 Å². The van der Waals surface area contributed by atoms with Crippen LogP contribution in [0.4, 0.5) is 4.39 Å². The number of rotatable bonds is 2. The summed E-state index contributed by atoms with van der Waals surface area (Å²) in [4.78, 5) is 0. The molecule has 0 amide bonds. The van der Waals surface area contributed by atoms with Crippen molar-refractivity contribution >= 4 is 23.2 Å². The van der Waals surface area contributed by atoms with Crippen LogP contribution in [-0.2, 0) is 0 Å². The van der Waals surface area contributed by atoms with Crippen molar-refractivity contribution in [3.05, 3.63) is 57.8 Å². The predicted molar refractivity (Wildman–Crippen MR) is 74.5 cm³/mol. The topological polar surface area (TPSA) is 26.0 Å². The van der Waals surface area contributed by atoms with E-state index in [1.165, 1.54) is 12.1 Å². The third-order valence-corrected chi connectivity index (χ3v) is 3.29. The molecule has 1 nitrogen and oxygen atoms in total. The van der Waals surface area contributed by atoms with Crippen LogP contribution >= 0.6 is 23.2 Å². The van der Waals surface area contributed by atoms with Gasteiger partial charge >= 0.3 is 0 Å². The minimum Gasteiger partial charge on any atom is -0.324 e. The lowest BCUT2D eigenvalue weighted by Crippen LogP contribution is -2.07. The SMILES string of the molecule is CC(N)c1ccc(F)cc1-c1cc(Cl)ccc1Cl. The van der Waals surface area contributed by atoms with Gasteiger partial charge in [0.25, 0.3) is 0 Å². The van der Waals surface area contributed by atoms with Gasteiger partial charge in [-0.25, -0.2) is 4.39 Å². The van der Waals surface area contributed by atoms with Crippen molar-refractivity contribution in [2.45, 2.75) is 13.0 Å². The first-order valence-corrected chi connectivity index (χ1v) is 6.25. The van der Waals surface area contributed by atoms with Crippen LogP contribution in [0.1, 0.15) is 18.5 Å². The molecule has 94 valence electrons. The molecular weight excluding hydrogens is 272 g/mol. The van der Waals surface area contributed by atoms with Crippen molar-refractivity contribution in [2.75, 3.05) is 0 Å². The zero-order valence-corrected chi connectivity index (χ0v) is 11.3. The summed E-state index contributed by atoms with van der Waals surface area (Å²) in [7, 11) is 0. The van der Waals surface area contributed by atoms with Crippen molar-refractivity contribution in [1.29, 1.82) is 0 Å². The van der Waals surface area contributed by atoms with Crippen LogP contribution in [0.3, 0.4) is 0 Å². The molecule has 0 heterocycles. The maximum Gasteiger partial charge on any atom is 0.123 e. The normalized spacial score (nSPS) is 12.5. The molecule has 0 radical (unpaired) electrons. The van der Waals surface area contributed by atoms with E-state index in [1.54, 1.807) is 24.3 Å². The maximum atomic E-state index is 13.4. The van der Waals surface area contributed by atoms with E-state index in [0.29, 0.717) is 21.2 Å². The van der Waals surface area contributed by atoms with Crippen molar-refractivity contribution in [2.24, 2.45) is 5.73 Å². The first-order valence-electron chi connectivity index (χ1n) is 5.49. The van der Waals surface area contributed by atoms with Crippen LogP contribution < -0.4 is 5.73 Å². The van der Waals surface area contributed by atoms with E-state index in [9.17, 15) is 4.39 Å². The minimum absolute atomic E-state index is 0.212. The number of hydrogen-bond acceptors (Lipinski definition) is 1. The second-order valence-corrected chi connectivity index (χ2v) is 4.99. The van der Waals surface area contributed by atoms with Crippen LogP contribution in [0.15, 0.2) is 36.4 Å². The van der Waals surface area contributed by atoms with Crippen LogP contribution in [0.5, 0.6) is 0 Å². The van der Waals surface area contributed by atoms with Gasteiger partial charge in [0, 0.05) is 21.7 Å². The van der Waals surface area contributed by atoms with E-state index in [4.69, 9.17) is 28.9 Å². The van der Waals surface area contributed by atoms with Gasteiger partial charge in [0.15, 0.2) is 0 Å². The molecule has 0 saturated heterocycles. The molecule has 0 bridgehead atoms. The molecule has 4 heteroatoms. The van der Waals surface area contributed by atoms with Gasteiger partial charge in [-0.1, -0.05) is 29.3 Å². The molecule has 2 N–H and O–H groups in total. The largest absolute Gasteiger partial charge is 0.324 e. The summed E-state index contributed by atoms with van der Waals surface area (Å²) in [5.74, 6) is -0.328. The first-order chi connectivity index (χ1) is 8.49. The summed E-state index contributed by atoms with van der Waals surface area (Å²) in [6.45, 7) is 1.84.